The van der Waals surface area contributed by atoms with Crippen LogP contribution in [-0.2, 0) is 13.6 Å². The first-order valence-electron chi connectivity index (χ1n) is 6.87. The molecule has 1 aliphatic heterocycles. The molecule has 2 heterocycles. The van der Waals surface area contributed by atoms with E-state index in [1.54, 1.807) is 12.5 Å². The molecular formula is C15H17F2N3O. The molecule has 0 aliphatic carbocycles. The first kappa shape index (κ1) is 14.2. The zero-order valence-electron chi connectivity index (χ0n) is 11.7. The number of imidazole rings is 1. The van der Waals surface area contributed by atoms with Gasteiger partial charge < -0.3 is 9.67 Å². The Labute approximate surface area is 121 Å². The second kappa shape index (κ2) is 5.54. The third-order valence-electron chi connectivity index (χ3n) is 3.98. The average Bonchev–Trinajstić information content (AvgIpc) is 3.00. The standard InChI is InChI=1S/C15H17F2N3O/c1-19-9-18-6-11(19)7-20-8-12(21)5-15(20)13-4-10(16)2-3-14(13)17/h2-4,6,9,12,15,21H,5,7-8H2,1H3/t12-,15-/m0/s1. The molecule has 2 aromatic rings. The van der Waals surface area contributed by atoms with Gasteiger partial charge in [-0.2, -0.15) is 0 Å². The van der Waals surface area contributed by atoms with E-state index in [4.69, 9.17) is 0 Å². The zero-order chi connectivity index (χ0) is 15.0. The van der Waals surface area contributed by atoms with E-state index in [2.05, 4.69) is 4.98 Å². The minimum Gasteiger partial charge on any atom is -0.392 e. The molecule has 0 unspecified atom stereocenters. The maximum atomic E-state index is 14.0. The monoisotopic (exact) mass is 293 g/mol. The lowest BCUT2D eigenvalue weighted by molar-refractivity contribution is 0.171. The first-order valence-corrected chi connectivity index (χ1v) is 6.87. The van der Waals surface area contributed by atoms with Crippen molar-refractivity contribution in [1.29, 1.82) is 0 Å². The summed E-state index contributed by atoms with van der Waals surface area (Å²) in [5, 5.41) is 9.91. The van der Waals surface area contributed by atoms with Gasteiger partial charge in [-0.15, -0.1) is 0 Å². The topological polar surface area (TPSA) is 41.3 Å². The van der Waals surface area contributed by atoms with E-state index in [1.165, 1.54) is 6.07 Å². The van der Waals surface area contributed by atoms with E-state index in [9.17, 15) is 13.9 Å². The van der Waals surface area contributed by atoms with Gasteiger partial charge in [0.1, 0.15) is 11.6 Å². The molecule has 1 aromatic heterocycles. The highest BCUT2D eigenvalue weighted by atomic mass is 19.1. The molecular weight excluding hydrogens is 276 g/mol. The summed E-state index contributed by atoms with van der Waals surface area (Å²) in [7, 11) is 1.88. The Morgan fingerprint density at radius 1 is 1.38 bits per heavy atom. The normalized spacial score (nSPS) is 22.9. The van der Waals surface area contributed by atoms with Crippen LogP contribution in [0.1, 0.15) is 23.7 Å². The van der Waals surface area contributed by atoms with Crippen LogP contribution in [0.15, 0.2) is 30.7 Å². The second-order valence-electron chi connectivity index (χ2n) is 5.50. The van der Waals surface area contributed by atoms with Gasteiger partial charge in [0, 0.05) is 37.9 Å². The van der Waals surface area contributed by atoms with Gasteiger partial charge in [-0.05, 0) is 24.6 Å². The van der Waals surface area contributed by atoms with Gasteiger partial charge in [-0.25, -0.2) is 13.8 Å². The van der Waals surface area contributed by atoms with Crippen LogP contribution in [0, 0.1) is 11.6 Å². The molecule has 1 saturated heterocycles. The fourth-order valence-electron chi connectivity index (χ4n) is 2.89. The van der Waals surface area contributed by atoms with Crippen LogP contribution in [0.5, 0.6) is 0 Å². The lowest BCUT2D eigenvalue weighted by atomic mass is 10.0. The highest BCUT2D eigenvalue weighted by Gasteiger charge is 2.34. The molecule has 0 spiro atoms. The van der Waals surface area contributed by atoms with E-state index in [1.807, 2.05) is 16.5 Å². The van der Waals surface area contributed by atoms with Gasteiger partial charge in [-0.3, -0.25) is 4.90 Å². The molecule has 1 aromatic carbocycles. The number of aliphatic hydroxyl groups excluding tert-OH is 1. The molecule has 3 rings (SSSR count). The van der Waals surface area contributed by atoms with E-state index in [-0.39, 0.29) is 6.04 Å². The van der Waals surface area contributed by atoms with E-state index < -0.39 is 17.7 Å². The number of aliphatic hydroxyl groups is 1. The summed E-state index contributed by atoms with van der Waals surface area (Å²) in [4.78, 5) is 6.01. The van der Waals surface area contributed by atoms with Gasteiger partial charge in [-0.1, -0.05) is 0 Å². The fourth-order valence-corrected chi connectivity index (χ4v) is 2.89. The molecule has 4 nitrogen and oxygen atoms in total. The van der Waals surface area contributed by atoms with Gasteiger partial charge in [0.05, 0.1) is 18.1 Å². The molecule has 6 heteroatoms. The van der Waals surface area contributed by atoms with Gasteiger partial charge >= 0.3 is 0 Å². The van der Waals surface area contributed by atoms with Crippen molar-refractivity contribution in [2.75, 3.05) is 6.54 Å². The number of aryl methyl sites for hydroxylation is 1. The number of rotatable bonds is 3. The van der Waals surface area contributed by atoms with Crippen LogP contribution in [0.2, 0.25) is 0 Å². The average molecular weight is 293 g/mol. The van der Waals surface area contributed by atoms with Gasteiger partial charge in [0.2, 0.25) is 0 Å². The Morgan fingerprint density at radius 2 is 2.19 bits per heavy atom. The summed E-state index contributed by atoms with van der Waals surface area (Å²) in [5.74, 6) is -0.904. The molecule has 0 radical (unpaired) electrons. The predicted octanol–water partition coefficient (Wildman–Crippen LogP) is 2.01. The third-order valence-corrected chi connectivity index (χ3v) is 3.98. The van der Waals surface area contributed by atoms with Gasteiger partial charge in [0.15, 0.2) is 0 Å². The number of hydrogen-bond donors (Lipinski definition) is 1. The maximum Gasteiger partial charge on any atom is 0.128 e. The Morgan fingerprint density at radius 3 is 2.90 bits per heavy atom. The number of likely N-dealkylation sites (tertiary alicyclic amines) is 1. The second-order valence-corrected chi connectivity index (χ2v) is 5.50. The van der Waals surface area contributed by atoms with E-state index in [0.717, 1.165) is 17.8 Å². The molecule has 112 valence electrons. The number of hydrogen-bond acceptors (Lipinski definition) is 3. The van der Waals surface area contributed by atoms with Crippen LogP contribution < -0.4 is 0 Å². The highest BCUT2D eigenvalue weighted by Crippen LogP contribution is 2.35. The summed E-state index contributed by atoms with van der Waals surface area (Å²) in [6, 6.07) is 3.13. The molecule has 21 heavy (non-hydrogen) atoms. The molecule has 1 fully saturated rings. The number of aromatic nitrogens is 2. The van der Waals surface area contributed by atoms with E-state index in [0.29, 0.717) is 25.1 Å². The lowest BCUT2D eigenvalue weighted by Gasteiger charge is -2.24. The molecule has 1 aliphatic rings. The van der Waals surface area contributed by atoms with Crippen LogP contribution in [0.25, 0.3) is 0 Å². The van der Waals surface area contributed by atoms with Crippen molar-refractivity contribution in [1.82, 2.24) is 14.5 Å². The smallest absolute Gasteiger partial charge is 0.128 e. The molecule has 2 atom stereocenters. The Bertz CT molecular complexity index is 644. The lowest BCUT2D eigenvalue weighted by Crippen LogP contribution is -2.26. The number of halogens is 2. The van der Waals surface area contributed by atoms with Crippen LogP contribution in [0.4, 0.5) is 8.78 Å². The predicted molar refractivity (Wildman–Crippen MR) is 73.3 cm³/mol. The van der Waals surface area contributed by atoms with Crippen molar-refractivity contribution in [3.63, 3.8) is 0 Å². The van der Waals surface area contributed by atoms with Crippen LogP contribution >= 0.6 is 0 Å². The Balaban J connectivity index is 1.89. The first-order chi connectivity index (χ1) is 10.0. The molecule has 0 amide bonds. The summed E-state index contributed by atoms with van der Waals surface area (Å²) in [6.45, 7) is 0.972. The Kier molecular flexibility index (Phi) is 3.73. The Hall–Kier alpha value is -1.79. The maximum absolute atomic E-state index is 14.0. The number of β-amino-alcohol motifs (C(OH)–C–C–N with tert-alkyl or cyclic N) is 1. The van der Waals surface area contributed by atoms with Crippen molar-refractivity contribution in [2.45, 2.75) is 25.1 Å². The number of benzene rings is 1. The van der Waals surface area contributed by atoms with Crippen molar-refractivity contribution in [2.24, 2.45) is 7.05 Å². The summed E-state index contributed by atoms with van der Waals surface area (Å²) in [6.07, 6.45) is 3.30. The van der Waals surface area contributed by atoms with Crippen LogP contribution in [0.3, 0.4) is 0 Å². The molecule has 0 bridgehead atoms. The molecule has 1 N–H and O–H groups in total. The summed E-state index contributed by atoms with van der Waals surface area (Å²) < 4.78 is 29.3. The summed E-state index contributed by atoms with van der Waals surface area (Å²) >= 11 is 0. The van der Waals surface area contributed by atoms with Crippen molar-refractivity contribution >= 4 is 0 Å². The largest absolute Gasteiger partial charge is 0.392 e. The SMILES string of the molecule is Cn1cncc1CN1C[C@@H](O)C[C@H]1c1cc(F)ccc1F. The quantitative estimate of drug-likeness (QED) is 0.941. The van der Waals surface area contributed by atoms with Crippen molar-refractivity contribution < 1.29 is 13.9 Å². The molecule has 0 saturated carbocycles. The van der Waals surface area contributed by atoms with E-state index >= 15 is 0 Å². The summed E-state index contributed by atoms with van der Waals surface area (Å²) in [5.41, 5.74) is 1.26. The van der Waals surface area contributed by atoms with Crippen LogP contribution in [-0.4, -0.2) is 32.2 Å². The number of nitrogens with zero attached hydrogens (tertiary/aromatic N) is 3. The minimum absolute atomic E-state index is 0.300. The minimum atomic E-state index is -0.536. The van der Waals surface area contributed by atoms with Crippen molar-refractivity contribution in [3.05, 3.63) is 53.6 Å². The fraction of sp³-hybridized carbons (Fsp3) is 0.400. The van der Waals surface area contributed by atoms with Crippen molar-refractivity contribution in [3.8, 4) is 0 Å². The highest BCUT2D eigenvalue weighted by molar-refractivity contribution is 5.24. The third kappa shape index (κ3) is 2.82. The zero-order valence-corrected chi connectivity index (χ0v) is 11.7. The van der Waals surface area contributed by atoms with Gasteiger partial charge in [0.25, 0.3) is 0 Å².